The number of hydrogen-bond acceptors (Lipinski definition) is 6. The number of allylic oxidation sites excluding steroid dienone is 1. The van der Waals surface area contributed by atoms with Gasteiger partial charge in [-0.1, -0.05) is 22.0 Å². The van der Waals surface area contributed by atoms with Crippen molar-refractivity contribution in [2.75, 3.05) is 0 Å². The Labute approximate surface area is 185 Å². The fraction of sp³-hybridized carbons (Fsp3) is 0.0417. The Balaban J connectivity index is 1.42. The standard InChI is InChI=1S/C24H14BrNO5/c1-13-7-17(29-24(28)21-10-15-9-16(25)4-5-18(15)30-21)11-19-22(13)23(27)20(31-19)8-14-3-2-6-26-12-14/h2-12H,1H3/b20-8-. The Kier molecular flexibility index (Phi) is 4.67. The van der Waals surface area contributed by atoms with Crippen LogP contribution in [-0.2, 0) is 0 Å². The van der Waals surface area contributed by atoms with Crippen molar-refractivity contribution in [1.29, 1.82) is 0 Å². The maximum atomic E-state index is 12.8. The van der Waals surface area contributed by atoms with Gasteiger partial charge in [0.1, 0.15) is 17.1 Å². The van der Waals surface area contributed by atoms with Crippen LogP contribution in [0.4, 0.5) is 0 Å². The van der Waals surface area contributed by atoms with Crippen LogP contribution in [0.1, 0.15) is 32.0 Å². The van der Waals surface area contributed by atoms with Crippen LogP contribution >= 0.6 is 15.9 Å². The van der Waals surface area contributed by atoms with Crippen molar-refractivity contribution in [3.63, 3.8) is 0 Å². The van der Waals surface area contributed by atoms with Gasteiger partial charge in [-0.15, -0.1) is 0 Å². The van der Waals surface area contributed by atoms with Crippen molar-refractivity contribution in [2.24, 2.45) is 0 Å². The van der Waals surface area contributed by atoms with E-state index in [0.29, 0.717) is 22.5 Å². The normalized spacial score (nSPS) is 14.0. The first kappa shape index (κ1) is 19.3. The van der Waals surface area contributed by atoms with Crippen molar-refractivity contribution < 1.29 is 23.5 Å². The number of pyridine rings is 1. The predicted octanol–water partition coefficient (Wildman–Crippen LogP) is 5.73. The molecule has 0 atom stereocenters. The highest BCUT2D eigenvalue weighted by molar-refractivity contribution is 9.10. The van der Waals surface area contributed by atoms with Crippen LogP contribution in [-0.4, -0.2) is 16.7 Å². The number of esters is 1. The maximum absolute atomic E-state index is 12.8. The third-order valence-corrected chi connectivity index (χ3v) is 5.31. The number of aryl methyl sites for hydroxylation is 1. The highest BCUT2D eigenvalue weighted by atomic mass is 79.9. The number of halogens is 1. The summed E-state index contributed by atoms with van der Waals surface area (Å²) in [6, 6.07) is 13.8. The average Bonchev–Trinajstić information content (AvgIpc) is 3.30. The predicted molar refractivity (Wildman–Crippen MR) is 117 cm³/mol. The molecule has 3 heterocycles. The van der Waals surface area contributed by atoms with Gasteiger partial charge in [-0.2, -0.15) is 0 Å². The molecule has 152 valence electrons. The Morgan fingerprint density at radius 3 is 2.84 bits per heavy atom. The zero-order valence-corrected chi connectivity index (χ0v) is 17.8. The summed E-state index contributed by atoms with van der Waals surface area (Å²) in [6.45, 7) is 1.77. The lowest BCUT2D eigenvalue weighted by Crippen LogP contribution is -2.07. The first-order valence-corrected chi connectivity index (χ1v) is 10.2. The lowest BCUT2D eigenvalue weighted by atomic mass is 10.0. The van der Waals surface area contributed by atoms with Crippen molar-refractivity contribution in [3.8, 4) is 11.5 Å². The molecule has 2 aromatic carbocycles. The van der Waals surface area contributed by atoms with E-state index in [1.54, 1.807) is 49.7 Å². The van der Waals surface area contributed by atoms with Gasteiger partial charge in [0.05, 0.1) is 5.56 Å². The lowest BCUT2D eigenvalue weighted by molar-refractivity contribution is 0.0703. The monoisotopic (exact) mass is 475 g/mol. The van der Waals surface area contributed by atoms with Gasteiger partial charge >= 0.3 is 5.97 Å². The maximum Gasteiger partial charge on any atom is 0.379 e. The number of furan rings is 1. The summed E-state index contributed by atoms with van der Waals surface area (Å²) in [7, 11) is 0. The molecule has 1 aliphatic heterocycles. The molecule has 0 aliphatic carbocycles. The summed E-state index contributed by atoms with van der Waals surface area (Å²) in [5, 5.41) is 0.783. The molecular weight excluding hydrogens is 462 g/mol. The van der Waals surface area contributed by atoms with Crippen LogP contribution in [0.5, 0.6) is 11.5 Å². The van der Waals surface area contributed by atoms with Gasteiger partial charge in [0.25, 0.3) is 0 Å². The molecule has 5 rings (SSSR count). The van der Waals surface area contributed by atoms with Gasteiger partial charge in [0, 0.05) is 28.3 Å². The molecule has 0 saturated carbocycles. The molecule has 6 nitrogen and oxygen atoms in total. The molecule has 4 aromatic rings. The Hall–Kier alpha value is -3.71. The third kappa shape index (κ3) is 3.64. The van der Waals surface area contributed by atoms with Crippen LogP contribution in [0, 0.1) is 6.92 Å². The highest BCUT2D eigenvalue weighted by Crippen LogP contribution is 2.38. The van der Waals surface area contributed by atoms with E-state index in [1.165, 1.54) is 6.07 Å². The van der Waals surface area contributed by atoms with Crippen molar-refractivity contribution in [3.05, 3.63) is 93.6 Å². The number of ether oxygens (including phenoxy) is 2. The van der Waals surface area contributed by atoms with Crippen LogP contribution < -0.4 is 9.47 Å². The van der Waals surface area contributed by atoms with E-state index in [9.17, 15) is 9.59 Å². The molecular formula is C24H14BrNO5. The average molecular weight is 476 g/mol. The molecule has 0 amide bonds. The minimum absolute atomic E-state index is 0.0837. The first-order valence-electron chi connectivity index (χ1n) is 9.38. The van der Waals surface area contributed by atoms with Gasteiger partial charge in [0.15, 0.2) is 5.76 Å². The molecule has 31 heavy (non-hydrogen) atoms. The van der Waals surface area contributed by atoms with E-state index < -0.39 is 5.97 Å². The number of fused-ring (bicyclic) bond motifs is 2. The smallest absolute Gasteiger partial charge is 0.379 e. The highest BCUT2D eigenvalue weighted by Gasteiger charge is 2.30. The molecule has 7 heteroatoms. The molecule has 1 aliphatic rings. The number of aromatic nitrogens is 1. The minimum atomic E-state index is -0.637. The molecule has 0 saturated heterocycles. The van der Waals surface area contributed by atoms with Crippen LogP contribution in [0.3, 0.4) is 0 Å². The van der Waals surface area contributed by atoms with Crippen LogP contribution in [0.2, 0.25) is 0 Å². The van der Waals surface area contributed by atoms with Crippen molar-refractivity contribution >= 4 is 44.7 Å². The second kappa shape index (κ2) is 7.52. The largest absolute Gasteiger partial charge is 0.452 e. The number of nitrogens with zero attached hydrogens (tertiary/aromatic N) is 1. The zero-order chi connectivity index (χ0) is 21.5. The summed E-state index contributed by atoms with van der Waals surface area (Å²) < 4.78 is 17.7. The van der Waals surface area contributed by atoms with Gasteiger partial charge in [-0.25, -0.2) is 4.79 Å². The second-order valence-corrected chi connectivity index (χ2v) is 7.94. The summed E-state index contributed by atoms with van der Waals surface area (Å²) in [4.78, 5) is 29.4. The first-order chi connectivity index (χ1) is 15.0. The van der Waals surface area contributed by atoms with E-state index in [1.807, 2.05) is 18.2 Å². The molecule has 0 N–H and O–H groups in total. The Morgan fingerprint density at radius 1 is 1.16 bits per heavy atom. The van der Waals surface area contributed by atoms with Gasteiger partial charge in [-0.05, 0) is 60.5 Å². The fourth-order valence-electron chi connectivity index (χ4n) is 3.42. The summed E-state index contributed by atoms with van der Waals surface area (Å²) in [5.74, 6) is 0.0202. The Morgan fingerprint density at radius 2 is 2.03 bits per heavy atom. The second-order valence-electron chi connectivity index (χ2n) is 7.02. The van der Waals surface area contributed by atoms with Gasteiger partial charge in [-0.3, -0.25) is 9.78 Å². The number of carbonyl (C=O) groups is 2. The molecule has 0 fully saturated rings. The molecule has 0 unspecified atom stereocenters. The number of Topliss-reactive ketones (excluding diaryl/α,β-unsaturated/α-hetero) is 1. The summed E-state index contributed by atoms with van der Waals surface area (Å²) in [5.41, 5.74) is 2.43. The van der Waals surface area contributed by atoms with Crippen LogP contribution in [0.15, 0.2) is 75.6 Å². The van der Waals surface area contributed by atoms with E-state index in [2.05, 4.69) is 20.9 Å². The number of carbonyl (C=O) groups excluding carboxylic acids is 2. The quantitative estimate of drug-likeness (QED) is 0.213. The van der Waals surface area contributed by atoms with E-state index in [0.717, 1.165) is 15.4 Å². The summed E-state index contributed by atoms with van der Waals surface area (Å²) in [6.07, 6.45) is 4.92. The zero-order valence-electron chi connectivity index (χ0n) is 16.2. The summed E-state index contributed by atoms with van der Waals surface area (Å²) >= 11 is 3.39. The number of hydrogen-bond donors (Lipinski definition) is 0. The van der Waals surface area contributed by atoms with Gasteiger partial charge in [0.2, 0.25) is 11.5 Å². The third-order valence-electron chi connectivity index (χ3n) is 4.82. The fourth-order valence-corrected chi connectivity index (χ4v) is 3.80. The minimum Gasteiger partial charge on any atom is -0.452 e. The van der Waals surface area contributed by atoms with Crippen molar-refractivity contribution in [1.82, 2.24) is 4.98 Å². The van der Waals surface area contributed by atoms with Gasteiger partial charge < -0.3 is 13.9 Å². The van der Waals surface area contributed by atoms with Crippen molar-refractivity contribution in [2.45, 2.75) is 6.92 Å². The molecule has 0 spiro atoms. The number of ketones is 1. The van der Waals surface area contributed by atoms with E-state index in [-0.39, 0.29) is 23.1 Å². The van der Waals surface area contributed by atoms with Crippen LogP contribution in [0.25, 0.3) is 17.0 Å². The SMILES string of the molecule is Cc1cc(OC(=O)c2cc3cc(Br)ccc3o2)cc2c1C(=O)/C(=C/c1cccnc1)O2. The number of rotatable bonds is 3. The van der Waals surface area contributed by atoms with E-state index >= 15 is 0 Å². The lowest BCUT2D eigenvalue weighted by Gasteiger charge is -2.06. The topological polar surface area (TPSA) is 78.6 Å². The van der Waals surface area contributed by atoms with E-state index in [4.69, 9.17) is 13.9 Å². The Bertz CT molecular complexity index is 1390. The molecule has 0 bridgehead atoms. The molecule has 0 radical (unpaired) electrons. The number of benzene rings is 2. The molecule has 2 aromatic heterocycles.